The average molecular weight is 235 g/mol. The monoisotopic (exact) mass is 235 g/mol. The number of nitrogens with one attached hydrogen (secondary N) is 1. The molecule has 0 spiro atoms. The lowest BCUT2D eigenvalue weighted by Gasteiger charge is -2.18. The molecule has 0 saturated carbocycles. The summed E-state index contributed by atoms with van der Waals surface area (Å²) in [6.45, 7) is 2.81. The zero-order chi connectivity index (χ0) is 12.3. The summed E-state index contributed by atoms with van der Waals surface area (Å²) in [5.41, 5.74) is 6.83. The molecule has 92 valence electrons. The van der Waals surface area contributed by atoms with Gasteiger partial charge in [-0.05, 0) is 24.6 Å². The van der Waals surface area contributed by atoms with Gasteiger partial charge in [0.05, 0.1) is 25.2 Å². The van der Waals surface area contributed by atoms with E-state index < -0.39 is 0 Å². The fourth-order valence-corrected chi connectivity index (χ4v) is 1.90. The number of rotatable bonds is 3. The van der Waals surface area contributed by atoms with Crippen LogP contribution in [0.3, 0.4) is 0 Å². The van der Waals surface area contributed by atoms with Gasteiger partial charge in [-0.15, -0.1) is 0 Å². The molecule has 2 heterocycles. The van der Waals surface area contributed by atoms with Crippen molar-refractivity contribution in [3.05, 3.63) is 30.1 Å². The van der Waals surface area contributed by atoms with E-state index in [4.69, 9.17) is 10.5 Å². The molecule has 1 aromatic rings. The molecule has 17 heavy (non-hydrogen) atoms. The molecule has 2 unspecified atom stereocenters. The van der Waals surface area contributed by atoms with Crippen molar-refractivity contribution in [2.24, 2.45) is 11.7 Å². The van der Waals surface area contributed by atoms with Crippen molar-refractivity contribution in [2.45, 2.75) is 19.0 Å². The minimum atomic E-state index is -0.237. The average Bonchev–Trinajstić information content (AvgIpc) is 2.76. The smallest absolute Gasteiger partial charge is 0.227 e. The van der Waals surface area contributed by atoms with Crippen molar-refractivity contribution in [3.8, 4) is 0 Å². The van der Waals surface area contributed by atoms with Crippen molar-refractivity contribution in [1.82, 2.24) is 10.3 Å². The lowest BCUT2D eigenvalue weighted by atomic mass is 10.0. The zero-order valence-corrected chi connectivity index (χ0v) is 9.80. The molecule has 1 fully saturated rings. The van der Waals surface area contributed by atoms with Gasteiger partial charge in [-0.1, -0.05) is 0 Å². The molecule has 0 aliphatic carbocycles. The summed E-state index contributed by atoms with van der Waals surface area (Å²) in [6.07, 6.45) is 3.42. The Balaban J connectivity index is 1.95. The molecule has 3 N–H and O–H groups in total. The number of carbonyl (C=O) groups excluding carboxylic acids is 1. The summed E-state index contributed by atoms with van der Waals surface area (Å²) in [5.74, 6) is -0.279. The highest BCUT2D eigenvalue weighted by Gasteiger charge is 2.31. The summed E-state index contributed by atoms with van der Waals surface area (Å²) >= 11 is 0. The number of pyridine rings is 1. The third-order valence-electron chi connectivity index (χ3n) is 3.03. The lowest BCUT2D eigenvalue weighted by Crippen LogP contribution is -2.41. The van der Waals surface area contributed by atoms with Crippen LogP contribution in [-0.4, -0.2) is 30.1 Å². The Kier molecular flexibility index (Phi) is 3.71. The van der Waals surface area contributed by atoms with Crippen LogP contribution >= 0.6 is 0 Å². The summed E-state index contributed by atoms with van der Waals surface area (Å²) in [6, 6.07) is 3.53. The van der Waals surface area contributed by atoms with Crippen molar-refractivity contribution in [1.29, 1.82) is 0 Å². The predicted molar refractivity (Wildman–Crippen MR) is 63.1 cm³/mol. The molecular weight excluding hydrogens is 218 g/mol. The number of hydrogen-bond donors (Lipinski definition) is 2. The standard InChI is InChI=1S/C12H17N3O2/c1-8(9-2-4-14-5-3-9)15-12(16)10-6-17-7-11(10)13/h2-5,8,10-11H,6-7,13H2,1H3,(H,15,16)/t8-,10?,11?/m0/s1. The molecule has 5 nitrogen and oxygen atoms in total. The summed E-state index contributed by atoms with van der Waals surface area (Å²) in [4.78, 5) is 15.9. The maximum Gasteiger partial charge on any atom is 0.227 e. The van der Waals surface area contributed by atoms with E-state index in [1.807, 2.05) is 19.1 Å². The highest BCUT2D eigenvalue weighted by molar-refractivity contribution is 5.80. The van der Waals surface area contributed by atoms with E-state index >= 15 is 0 Å². The second-order valence-electron chi connectivity index (χ2n) is 4.32. The first kappa shape index (κ1) is 12.0. The van der Waals surface area contributed by atoms with Gasteiger partial charge in [0.25, 0.3) is 0 Å². The van der Waals surface area contributed by atoms with Gasteiger partial charge in [-0.2, -0.15) is 0 Å². The Bertz CT molecular complexity index is 383. The van der Waals surface area contributed by atoms with Crippen LogP contribution in [0.15, 0.2) is 24.5 Å². The van der Waals surface area contributed by atoms with Crippen molar-refractivity contribution < 1.29 is 9.53 Å². The number of hydrogen-bond acceptors (Lipinski definition) is 4. The minimum absolute atomic E-state index is 0.0423. The van der Waals surface area contributed by atoms with Crippen molar-refractivity contribution in [2.75, 3.05) is 13.2 Å². The highest BCUT2D eigenvalue weighted by Crippen LogP contribution is 2.15. The zero-order valence-electron chi connectivity index (χ0n) is 9.80. The molecule has 2 rings (SSSR count). The number of ether oxygens (including phenoxy) is 1. The van der Waals surface area contributed by atoms with Crippen molar-refractivity contribution >= 4 is 5.91 Å². The van der Waals surface area contributed by atoms with Gasteiger partial charge in [0, 0.05) is 18.4 Å². The second-order valence-corrected chi connectivity index (χ2v) is 4.32. The molecule has 1 amide bonds. The Morgan fingerprint density at radius 1 is 1.53 bits per heavy atom. The number of aromatic nitrogens is 1. The molecular formula is C12H17N3O2. The number of nitrogens with zero attached hydrogens (tertiary/aromatic N) is 1. The van der Waals surface area contributed by atoms with E-state index in [0.717, 1.165) is 5.56 Å². The Morgan fingerprint density at radius 3 is 2.82 bits per heavy atom. The maximum atomic E-state index is 12.0. The fraction of sp³-hybridized carbons (Fsp3) is 0.500. The van der Waals surface area contributed by atoms with E-state index in [1.54, 1.807) is 12.4 Å². The first-order valence-corrected chi connectivity index (χ1v) is 5.72. The third-order valence-corrected chi connectivity index (χ3v) is 3.03. The molecule has 1 aliphatic rings. The summed E-state index contributed by atoms with van der Waals surface area (Å²) in [7, 11) is 0. The summed E-state index contributed by atoms with van der Waals surface area (Å²) < 4.78 is 5.18. The van der Waals surface area contributed by atoms with Gasteiger partial charge in [0.15, 0.2) is 0 Å². The van der Waals surface area contributed by atoms with E-state index in [2.05, 4.69) is 10.3 Å². The molecule has 1 aromatic heterocycles. The van der Waals surface area contributed by atoms with Gasteiger partial charge in [-0.25, -0.2) is 0 Å². The topological polar surface area (TPSA) is 77.2 Å². The lowest BCUT2D eigenvalue weighted by molar-refractivity contribution is -0.125. The maximum absolute atomic E-state index is 12.0. The quantitative estimate of drug-likeness (QED) is 0.786. The van der Waals surface area contributed by atoms with E-state index in [-0.39, 0.29) is 23.9 Å². The van der Waals surface area contributed by atoms with Gasteiger partial charge in [-0.3, -0.25) is 9.78 Å². The van der Waals surface area contributed by atoms with Crippen LogP contribution in [0.2, 0.25) is 0 Å². The third kappa shape index (κ3) is 2.81. The van der Waals surface area contributed by atoms with Gasteiger partial charge in [0.2, 0.25) is 5.91 Å². The second kappa shape index (κ2) is 5.25. The van der Waals surface area contributed by atoms with Crippen LogP contribution in [0.1, 0.15) is 18.5 Å². The largest absolute Gasteiger partial charge is 0.379 e. The predicted octanol–water partition coefficient (Wildman–Crippen LogP) is 0.233. The van der Waals surface area contributed by atoms with Crippen LogP contribution in [0.4, 0.5) is 0 Å². The molecule has 3 atom stereocenters. The summed E-state index contributed by atoms with van der Waals surface area (Å²) in [5, 5.41) is 2.94. The number of carbonyl (C=O) groups is 1. The molecule has 5 heteroatoms. The van der Waals surface area contributed by atoms with E-state index in [0.29, 0.717) is 13.2 Å². The van der Waals surface area contributed by atoms with Gasteiger partial charge >= 0.3 is 0 Å². The molecule has 0 aromatic carbocycles. The Hall–Kier alpha value is -1.46. The highest BCUT2D eigenvalue weighted by atomic mass is 16.5. The van der Waals surface area contributed by atoms with Gasteiger partial charge < -0.3 is 15.8 Å². The van der Waals surface area contributed by atoms with Crippen LogP contribution in [0, 0.1) is 5.92 Å². The fourth-order valence-electron chi connectivity index (χ4n) is 1.90. The van der Waals surface area contributed by atoms with Crippen LogP contribution in [0.25, 0.3) is 0 Å². The van der Waals surface area contributed by atoms with Crippen molar-refractivity contribution in [3.63, 3.8) is 0 Å². The number of amides is 1. The normalized spacial score (nSPS) is 25.5. The first-order valence-electron chi connectivity index (χ1n) is 5.72. The minimum Gasteiger partial charge on any atom is -0.379 e. The first-order chi connectivity index (χ1) is 8.18. The molecule has 1 saturated heterocycles. The number of nitrogens with two attached hydrogens (primary N) is 1. The van der Waals surface area contributed by atoms with Crippen LogP contribution in [0.5, 0.6) is 0 Å². The molecule has 1 aliphatic heterocycles. The van der Waals surface area contributed by atoms with E-state index in [9.17, 15) is 4.79 Å². The Labute approximate surface area is 100 Å². The molecule has 0 radical (unpaired) electrons. The van der Waals surface area contributed by atoms with E-state index in [1.165, 1.54) is 0 Å². The van der Waals surface area contributed by atoms with Crippen LogP contribution in [-0.2, 0) is 9.53 Å². The van der Waals surface area contributed by atoms with Crippen LogP contribution < -0.4 is 11.1 Å². The van der Waals surface area contributed by atoms with Gasteiger partial charge in [0.1, 0.15) is 0 Å². The molecule has 0 bridgehead atoms. The Morgan fingerprint density at radius 2 is 2.24 bits per heavy atom. The SMILES string of the molecule is C[C@H](NC(=O)C1COCC1N)c1ccncc1.